The molecule has 2 aliphatic carbocycles. The number of carboxylic acid groups (broad SMARTS) is 1. The number of rotatable bonds is 4. The van der Waals surface area contributed by atoms with Gasteiger partial charge in [-0.1, -0.05) is 11.1 Å². The van der Waals surface area contributed by atoms with E-state index in [1.807, 2.05) is 13.8 Å². The van der Waals surface area contributed by atoms with Crippen molar-refractivity contribution in [2.24, 2.45) is 23.7 Å². The predicted octanol–water partition coefficient (Wildman–Crippen LogP) is 3.17. The number of hydrogen-bond donors (Lipinski definition) is 2. The van der Waals surface area contributed by atoms with Crippen LogP contribution in [0.15, 0.2) is 22.6 Å². The van der Waals surface area contributed by atoms with E-state index in [9.17, 15) is 19.5 Å². The number of nitrogens with one attached hydrogen (secondary N) is 1. The van der Waals surface area contributed by atoms with Crippen LogP contribution in [0.2, 0.25) is 0 Å². The smallest absolute Gasteiger partial charge is 0.340 e. The Morgan fingerprint density at radius 3 is 2.40 bits per heavy atom. The molecule has 4 atom stereocenters. The van der Waals surface area contributed by atoms with Gasteiger partial charge in [0.1, 0.15) is 5.00 Å². The normalized spacial score (nSPS) is 27.2. The molecule has 3 rings (SSSR count). The average Bonchev–Trinajstić information content (AvgIpc) is 3.26. The summed E-state index contributed by atoms with van der Waals surface area (Å²) >= 11 is 1.22. The zero-order chi connectivity index (χ0) is 18.3. The molecule has 0 radical (unpaired) electrons. The number of carboxylic acids is 1. The minimum atomic E-state index is -0.925. The second kappa shape index (κ2) is 6.63. The van der Waals surface area contributed by atoms with Gasteiger partial charge in [-0.3, -0.25) is 9.59 Å². The number of thiophene rings is 1. The van der Waals surface area contributed by atoms with Crippen LogP contribution in [0.25, 0.3) is 0 Å². The molecule has 2 saturated carbocycles. The van der Waals surface area contributed by atoms with E-state index < -0.39 is 23.8 Å². The number of allylic oxidation sites excluding steroid dienone is 2. The summed E-state index contributed by atoms with van der Waals surface area (Å²) in [5.41, 5.74) is 2.53. The molecule has 2 aliphatic rings. The van der Waals surface area contributed by atoms with Crippen molar-refractivity contribution in [3.63, 3.8) is 0 Å². The number of amides is 1. The van der Waals surface area contributed by atoms with Crippen molar-refractivity contribution in [2.45, 2.75) is 26.7 Å². The summed E-state index contributed by atoms with van der Waals surface area (Å²) in [5.74, 6) is -3.18. The predicted molar refractivity (Wildman–Crippen MR) is 93.5 cm³/mol. The number of carbonyl (C=O) groups is 3. The van der Waals surface area contributed by atoms with Crippen molar-refractivity contribution in [1.82, 2.24) is 0 Å². The monoisotopic (exact) mass is 363 g/mol. The van der Waals surface area contributed by atoms with Gasteiger partial charge in [0.05, 0.1) is 24.5 Å². The molecule has 0 spiro atoms. The highest BCUT2D eigenvalue weighted by Gasteiger charge is 2.57. The van der Waals surface area contributed by atoms with Crippen LogP contribution in [0.4, 0.5) is 5.00 Å². The van der Waals surface area contributed by atoms with E-state index in [1.54, 1.807) is 11.4 Å². The van der Waals surface area contributed by atoms with Crippen molar-refractivity contribution in [1.29, 1.82) is 0 Å². The van der Waals surface area contributed by atoms with E-state index in [2.05, 4.69) is 5.32 Å². The lowest BCUT2D eigenvalue weighted by Crippen LogP contribution is -2.37. The number of methoxy groups -OCH3 is 1. The maximum atomic E-state index is 12.9. The van der Waals surface area contributed by atoms with Crippen molar-refractivity contribution in [2.75, 3.05) is 12.4 Å². The van der Waals surface area contributed by atoms with Crippen LogP contribution in [0.3, 0.4) is 0 Å². The van der Waals surface area contributed by atoms with E-state index in [0.717, 1.165) is 24.0 Å². The SMILES string of the molecule is COC(=O)c1ccsc1NC(=O)[C@H]1[C@@H](C(=O)O)[C@H]2CC[C@@H]1C2=C(C)C. The Labute approximate surface area is 149 Å². The van der Waals surface area contributed by atoms with E-state index in [-0.39, 0.29) is 17.7 Å². The molecule has 1 heterocycles. The highest BCUT2D eigenvalue weighted by Crippen LogP contribution is 2.57. The molecule has 134 valence electrons. The summed E-state index contributed by atoms with van der Waals surface area (Å²) in [5, 5.41) is 14.6. The molecule has 1 aromatic rings. The molecule has 0 unspecified atom stereocenters. The van der Waals surface area contributed by atoms with Gasteiger partial charge in [-0.15, -0.1) is 11.3 Å². The van der Waals surface area contributed by atoms with Gasteiger partial charge in [-0.25, -0.2) is 4.79 Å². The van der Waals surface area contributed by atoms with Crippen molar-refractivity contribution in [3.05, 3.63) is 28.2 Å². The number of fused-ring (bicyclic) bond motifs is 2. The number of esters is 1. The van der Waals surface area contributed by atoms with Gasteiger partial charge in [0.25, 0.3) is 0 Å². The minimum absolute atomic E-state index is 0.0300. The molecule has 7 heteroatoms. The number of hydrogen-bond acceptors (Lipinski definition) is 5. The number of carbonyl (C=O) groups excluding carboxylic acids is 2. The second-order valence-electron chi connectivity index (χ2n) is 6.78. The average molecular weight is 363 g/mol. The van der Waals surface area contributed by atoms with Crippen molar-refractivity contribution < 1.29 is 24.2 Å². The Morgan fingerprint density at radius 1 is 1.20 bits per heavy atom. The van der Waals surface area contributed by atoms with Gasteiger partial charge in [0.15, 0.2) is 0 Å². The van der Waals surface area contributed by atoms with Crippen LogP contribution in [0.1, 0.15) is 37.0 Å². The maximum absolute atomic E-state index is 12.9. The standard InChI is InChI=1S/C18H21NO5S/c1-8(2)12-9-4-5-10(12)14(17(21)22)13(9)15(20)19-16-11(6-7-25-16)18(23)24-3/h6-7,9-10,13-14H,4-5H2,1-3H3,(H,19,20)(H,21,22)/t9-,10+,13-,14+/m1/s1. The first kappa shape index (κ1) is 17.7. The van der Waals surface area contributed by atoms with E-state index in [0.29, 0.717) is 10.6 Å². The molecular weight excluding hydrogens is 342 g/mol. The summed E-state index contributed by atoms with van der Waals surface area (Å²) in [7, 11) is 1.28. The van der Waals surface area contributed by atoms with Gasteiger partial charge < -0.3 is 15.2 Å². The number of aliphatic carboxylic acids is 1. The Kier molecular flexibility index (Phi) is 4.69. The zero-order valence-electron chi connectivity index (χ0n) is 14.4. The Morgan fingerprint density at radius 2 is 1.84 bits per heavy atom. The molecular formula is C18H21NO5S. The molecule has 0 aliphatic heterocycles. The van der Waals surface area contributed by atoms with Crippen LogP contribution in [0, 0.1) is 23.7 Å². The number of ether oxygens (including phenoxy) is 1. The lowest BCUT2D eigenvalue weighted by molar-refractivity contribution is -0.148. The summed E-state index contributed by atoms with van der Waals surface area (Å²) in [6, 6.07) is 1.59. The van der Waals surface area contributed by atoms with Gasteiger partial charge in [-0.2, -0.15) is 0 Å². The third kappa shape index (κ3) is 2.86. The minimum Gasteiger partial charge on any atom is -0.481 e. The fourth-order valence-corrected chi connectivity index (χ4v) is 5.25. The first-order chi connectivity index (χ1) is 11.9. The van der Waals surface area contributed by atoms with Gasteiger partial charge in [0.2, 0.25) is 5.91 Å². The van der Waals surface area contributed by atoms with Crippen molar-refractivity contribution in [3.8, 4) is 0 Å². The fraction of sp³-hybridized carbons (Fsp3) is 0.500. The van der Waals surface area contributed by atoms with Gasteiger partial charge in [-0.05, 0) is 50.0 Å². The van der Waals surface area contributed by atoms with Crippen LogP contribution in [0.5, 0.6) is 0 Å². The summed E-state index contributed by atoms with van der Waals surface area (Å²) in [6.45, 7) is 3.96. The zero-order valence-corrected chi connectivity index (χ0v) is 15.2. The second-order valence-corrected chi connectivity index (χ2v) is 7.70. The Bertz CT molecular complexity index is 761. The Balaban J connectivity index is 1.89. The third-order valence-corrected chi connectivity index (χ3v) is 6.14. The summed E-state index contributed by atoms with van der Waals surface area (Å²) < 4.78 is 4.71. The summed E-state index contributed by atoms with van der Waals surface area (Å²) in [4.78, 5) is 36.5. The van der Waals surface area contributed by atoms with Crippen molar-refractivity contribution >= 4 is 34.2 Å². The van der Waals surface area contributed by atoms with Crippen LogP contribution < -0.4 is 5.32 Å². The van der Waals surface area contributed by atoms with Gasteiger partial charge >= 0.3 is 11.9 Å². The molecule has 25 heavy (non-hydrogen) atoms. The molecule has 1 amide bonds. The molecule has 0 aromatic carbocycles. The summed E-state index contributed by atoms with van der Waals surface area (Å²) in [6.07, 6.45) is 1.65. The highest BCUT2D eigenvalue weighted by atomic mass is 32.1. The van der Waals surface area contributed by atoms with Crippen LogP contribution in [-0.4, -0.2) is 30.1 Å². The third-order valence-electron chi connectivity index (χ3n) is 5.31. The lowest BCUT2D eigenvalue weighted by atomic mass is 9.79. The highest BCUT2D eigenvalue weighted by molar-refractivity contribution is 7.14. The topological polar surface area (TPSA) is 92.7 Å². The van der Waals surface area contributed by atoms with E-state index in [4.69, 9.17) is 4.74 Å². The molecule has 2 bridgehead atoms. The number of anilines is 1. The van der Waals surface area contributed by atoms with E-state index >= 15 is 0 Å². The lowest BCUT2D eigenvalue weighted by Gasteiger charge is -2.26. The quantitative estimate of drug-likeness (QED) is 0.633. The molecule has 2 N–H and O–H groups in total. The maximum Gasteiger partial charge on any atom is 0.340 e. The van der Waals surface area contributed by atoms with Crippen LogP contribution >= 0.6 is 11.3 Å². The molecule has 1 aromatic heterocycles. The first-order valence-electron chi connectivity index (χ1n) is 8.23. The fourth-order valence-electron chi connectivity index (χ4n) is 4.48. The molecule has 0 saturated heterocycles. The molecule has 6 nitrogen and oxygen atoms in total. The first-order valence-corrected chi connectivity index (χ1v) is 9.11. The van der Waals surface area contributed by atoms with E-state index in [1.165, 1.54) is 18.4 Å². The van der Waals surface area contributed by atoms with Gasteiger partial charge in [0, 0.05) is 0 Å². The largest absolute Gasteiger partial charge is 0.481 e. The van der Waals surface area contributed by atoms with Crippen LogP contribution in [-0.2, 0) is 14.3 Å². The molecule has 2 fully saturated rings. The Hall–Kier alpha value is -2.15.